The van der Waals surface area contributed by atoms with Crippen molar-refractivity contribution in [3.8, 4) is 5.75 Å². The molecule has 9 nitrogen and oxygen atoms in total. The molecule has 0 spiro atoms. The van der Waals surface area contributed by atoms with Gasteiger partial charge < -0.3 is 29.5 Å². The number of methoxy groups -OCH3 is 1. The molecule has 0 bridgehead atoms. The second kappa shape index (κ2) is 11.5. The van der Waals surface area contributed by atoms with Crippen LogP contribution in [0, 0.1) is 5.41 Å². The van der Waals surface area contributed by atoms with E-state index >= 15 is 0 Å². The van der Waals surface area contributed by atoms with E-state index in [1.807, 2.05) is 0 Å². The number of carboxylic acids is 1. The maximum Gasteiger partial charge on any atom is 0.416 e. The molecule has 0 radical (unpaired) electrons. The van der Waals surface area contributed by atoms with E-state index in [2.05, 4.69) is 5.32 Å². The van der Waals surface area contributed by atoms with Gasteiger partial charge in [0.1, 0.15) is 22.9 Å². The average Bonchev–Trinajstić information content (AvgIpc) is 2.95. The molecule has 0 saturated heterocycles. The topological polar surface area (TPSA) is 114 Å². The Kier molecular flexibility index (Phi) is 8.96. The van der Waals surface area contributed by atoms with Gasteiger partial charge in [-0.2, -0.15) is 13.2 Å². The second-order valence-electron chi connectivity index (χ2n) is 11.3. The van der Waals surface area contributed by atoms with Gasteiger partial charge in [0.05, 0.1) is 18.4 Å². The number of rotatable bonds is 6. The van der Waals surface area contributed by atoms with E-state index in [9.17, 15) is 32.7 Å². The van der Waals surface area contributed by atoms with Crippen LogP contribution in [-0.2, 0) is 25.2 Å². The van der Waals surface area contributed by atoms with Gasteiger partial charge in [-0.15, -0.1) is 0 Å². The van der Waals surface area contributed by atoms with E-state index < -0.39 is 46.9 Å². The Hall–Kier alpha value is -3.18. The van der Waals surface area contributed by atoms with Gasteiger partial charge in [0.15, 0.2) is 0 Å². The second-order valence-corrected chi connectivity index (χ2v) is 11.3. The Morgan fingerprint density at radius 3 is 2.33 bits per heavy atom. The molecule has 2 aliphatic rings. The van der Waals surface area contributed by atoms with Gasteiger partial charge in [-0.1, -0.05) is 0 Å². The number of anilines is 1. The van der Waals surface area contributed by atoms with Gasteiger partial charge in [0, 0.05) is 25.0 Å². The molecule has 1 fully saturated rings. The normalized spacial score (nSPS) is 25.5. The third-order valence-corrected chi connectivity index (χ3v) is 7.42. The predicted molar refractivity (Wildman–Crippen MR) is 136 cm³/mol. The number of alkyl halides is 3. The quantitative estimate of drug-likeness (QED) is 0.461. The molecule has 2 N–H and O–H groups in total. The van der Waals surface area contributed by atoms with Crippen molar-refractivity contribution in [1.29, 1.82) is 0 Å². The zero-order chi connectivity index (χ0) is 29.2. The van der Waals surface area contributed by atoms with Crippen molar-refractivity contribution >= 4 is 23.7 Å². The number of fused-ring (bicyclic) bond motifs is 1. The number of hydrogen-bond donors (Lipinski definition) is 2. The summed E-state index contributed by atoms with van der Waals surface area (Å²) in [4.78, 5) is 38.6. The Morgan fingerprint density at radius 2 is 1.79 bits per heavy atom. The number of ether oxygens (including phenoxy) is 3. The Bertz CT molecular complexity index is 1060. The Labute approximate surface area is 226 Å². The summed E-state index contributed by atoms with van der Waals surface area (Å²) in [6, 6.07) is 2.60. The molecule has 218 valence electrons. The van der Waals surface area contributed by atoms with Crippen LogP contribution in [-0.4, -0.2) is 60.6 Å². The number of halogens is 3. The molecule has 1 heterocycles. The lowest BCUT2D eigenvalue weighted by Gasteiger charge is -2.42. The SMILES string of the molecule is COC(=O)CCC1(C(=O)O)CN(C2CCC(NC(=O)OC(C)(C)C)CC2)c2cc(C(F)(F)F)ccc2OC1C. The van der Waals surface area contributed by atoms with Crippen LogP contribution in [0.15, 0.2) is 18.2 Å². The fourth-order valence-electron chi connectivity index (χ4n) is 5.23. The lowest BCUT2D eigenvalue weighted by molar-refractivity contribution is -0.155. The number of aliphatic carboxylic acids is 1. The van der Waals surface area contributed by atoms with Gasteiger partial charge in [0.25, 0.3) is 0 Å². The number of carbonyl (C=O) groups excluding carboxylic acids is 2. The lowest BCUT2D eigenvalue weighted by atomic mass is 9.77. The first-order valence-electron chi connectivity index (χ1n) is 13.0. The van der Waals surface area contributed by atoms with E-state index in [1.165, 1.54) is 13.2 Å². The van der Waals surface area contributed by atoms with Crippen LogP contribution in [0.3, 0.4) is 0 Å². The van der Waals surface area contributed by atoms with Gasteiger partial charge >= 0.3 is 24.2 Å². The minimum atomic E-state index is -4.61. The summed E-state index contributed by atoms with van der Waals surface area (Å²) in [7, 11) is 1.20. The van der Waals surface area contributed by atoms with Crippen LogP contribution in [0.1, 0.15) is 71.8 Å². The number of carboxylic acid groups (broad SMARTS) is 1. The molecule has 2 unspecified atom stereocenters. The number of carbonyl (C=O) groups is 3. The average molecular weight is 559 g/mol. The zero-order valence-corrected chi connectivity index (χ0v) is 22.9. The van der Waals surface area contributed by atoms with Gasteiger partial charge in [0.2, 0.25) is 0 Å². The molecular formula is C27H37F3N2O7. The van der Waals surface area contributed by atoms with Crippen molar-refractivity contribution in [1.82, 2.24) is 5.32 Å². The number of alkyl carbamates (subject to hydrolysis) is 1. The molecule has 1 aliphatic heterocycles. The Balaban J connectivity index is 1.94. The van der Waals surface area contributed by atoms with Crippen LogP contribution in [0.5, 0.6) is 5.75 Å². The molecule has 1 aromatic rings. The molecule has 1 saturated carbocycles. The van der Waals surface area contributed by atoms with E-state index in [-0.39, 0.29) is 42.9 Å². The van der Waals surface area contributed by atoms with Gasteiger partial charge in [-0.05, 0) is 78.0 Å². The summed E-state index contributed by atoms with van der Waals surface area (Å²) in [6.45, 7) is 6.66. The number of nitrogens with zero attached hydrogens (tertiary/aromatic N) is 1. The lowest BCUT2D eigenvalue weighted by Crippen LogP contribution is -2.54. The summed E-state index contributed by atoms with van der Waals surface area (Å²) in [5, 5.41) is 13.2. The summed E-state index contributed by atoms with van der Waals surface area (Å²) in [5.41, 5.74) is -2.98. The fourth-order valence-corrected chi connectivity index (χ4v) is 5.23. The highest BCUT2D eigenvalue weighted by atomic mass is 19.4. The molecule has 1 aliphatic carbocycles. The summed E-state index contributed by atoms with van der Waals surface area (Å²) >= 11 is 0. The van der Waals surface area contributed by atoms with E-state index in [1.54, 1.807) is 32.6 Å². The summed E-state index contributed by atoms with van der Waals surface area (Å²) < 4.78 is 57.0. The third-order valence-electron chi connectivity index (χ3n) is 7.42. The van der Waals surface area contributed by atoms with Crippen molar-refractivity contribution in [2.45, 2.75) is 96.2 Å². The number of hydrogen-bond acceptors (Lipinski definition) is 7. The van der Waals surface area contributed by atoms with Crippen LogP contribution in [0.2, 0.25) is 0 Å². The van der Waals surface area contributed by atoms with Crippen molar-refractivity contribution in [2.24, 2.45) is 5.41 Å². The first-order chi connectivity index (χ1) is 18.1. The smallest absolute Gasteiger partial charge is 0.416 e. The van der Waals surface area contributed by atoms with Gasteiger partial charge in [-0.25, -0.2) is 4.79 Å². The first kappa shape index (κ1) is 30.4. The monoisotopic (exact) mass is 558 g/mol. The standard InChI is InChI=1S/C27H37F3N2O7/c1-16-26(23(34)35,13-12-22(33)37-5)15-32(20-14-17(27(28,29)30)6-11-21(20)38-16)19-9-7-18(8-10-19)31-24(36)39-25(2,3)4/h6,11,14,16,18-19H,7-10,12-13,15H2,1-5H3,(H,31,36)(H,34,35). The zero-order valence-electron chi connectivity index (χ0n) is 22.9. The predicted octanol–water partition coefficient (Wildman–Crippen LogP) is 5.15. The largest absolute Gasteiger partial charge is 0.487 e. The maximum atomic E-state index is 13.7. The van der Waals surface area contributed by atoms with Crippen LogP contribution in [0.4, 0.5) is 23.7 Å². The van der Waals surface area contributed by atoms with Crippen molar-refractivity contribution in [3.63, 3.8) is 0 Å². The summed E-state index contributed by atoms with van der Waals surface area (Å²) in [6.07, 6.45) is -4.41. The van der Waals surface area contributed by atoms with Crippen LogP contribution in [0.25, 0.3) is 0 Å². The van der Waals surface area contributed by atoms with E-state index in [0.717, 1.165) is 12.1 Å². The van der Waals surface area contributed by atoms with Crippen LogP contribution < -0.4 is 15.0 Å². The minimum absolute atomic E-state index is 0.123. The molecule has 1 aromatic carbocycles. The number of esters is 1. The highest BCUT2D eigenvalue weighted by Gasteiger charge is 2.50. The highest BCUT2D eigenvalue weighted by Crippen LogP contribution is 2.46. The van der Waals surface area contributed by atoms with Crippen molar-refractivity contribution < 1.29 is 46.9 Å². The number of benzene rings is 1. The fraction of sp³-hybridized carbons (Fsp3) is 0.667. The molecule has 2 atom stereocenters. The molecule has 3 rings (SSSR count). The molecule has 12 heteroatoms. The van der Waals surface area contributed by atoms with Gasteiger partial charge in [-0.3, -0.25) is 9.59 Å². The van der Waals surface area contributed by atoms with Crippen molar-refractivity contribution in [3.05, 3.63) is 23.8 Å². The maximum absolute atomic E-state index is 13.7. The molecule has 39 heavy (non-hydrogen) atoms. The number of amides is 1. The molecule has 0 aromatic heterocycles. The van der Waals surface area contributed by atoms with E-state index in [4.69, 9.17) is 14.2 Å². The van der Waals surface area contributed by atoms with Crippen LogP contribution >= 0.6 is 0 Å². The number of nitrogens with one attached hydrogen (secondary N) is 1. The molecule has 1 amide bonds. The molecular weight excluding hydrogens is 521 g/mol. The first-order valence-corrected chi connectivity index (χ1v) is 13.0. The Morgan fingerprint density at radius 1 is 1.15 bits per heavy atom. The highest BCUT2D eigenvalue weighted by molar-refractivity contribution is 5.79. The third kappa shape index (κ3) is 7.27. The summed E-state index contributed by atoms with van der Waals surface area (Å²) in [5.74, 6) is -1.66. The van der Waals surface area contributed by atoms with E-state index in [0.29, 0.717) is 25.7 Å². The minimum Gasteiger partial charge on any atom is -0.487 e. The van der Waals surface area contributed by atoms with Crippen molar-refractivity contribution in [2.75, 3.05) is 18.6 Å².